The Labute approximate surface area is 170 Å². The molecule has 3 N–H and O–H groups in total. The highest BCUT2D eigenvalue weighted by Gasteiger charge is 2.25. The maximum absolute atomic E-state index is 11.4. The fourth-order valence-corrected chi connectivity index (χ4v) is 2.00. The summed E-state index contributed by atoms with van der Waals surface area (Å²) in [4.78, 5) is 50.2. The summed E-state index contributed by atoms with van der Waals surface area (Å²) in [6.07, 6.45) is 5.45. The van der Waals surface area contributed by atoms with Crippen LogP contribution in [0, 0.1) is 0 Å². The Hall–Kier alpha value is -2.11. The molecule has 0 rings (SSSR count). The molecular formula is C18H34O11. The minimum atomic E-state index is -1.80. The maximum Gasteiger partial charge on any atom is 0.547 e. The molecule has 29 heavy (non-hydrogen) atoms. The van der Waals surface area contributed by atoms with Crippen LogP contribution in [0.5, 0.6) is 0 Å². The van der Waals surface area contributed by atoms with Crippen molar-refractivity contribution in [3.05, 3.63) is 0 Å². The van der Waals surface area contributed by atoms with Gasteiger partial charge in [0, 0.05) is 0 Å². The van der Waals surface area contributed by atoms with E-state index in [0.29, 0.717) is 6.42 Å². The van der Waals surface area contributed by atoms with E-state index < -0.39 is 30.0 Å². The molecule has 0 aromatic carbocycles. The van der Waals surface area contributed by atoms with Gasteiger partial charge in [-0.25, -0.2) is 33.9 Å². The van der Waals surface area contributed by atoms with Crippen molar-refractivity contribution in [1.29, 1.82) is 0 Å². The number of unbranched alkanes of at least 4 members (excludes halogenated alkanes) is 7. The molecule has 0 saturated heterocycles. The first-order chi connectivity index (χ1) is 13.5. The summed E-state index contributed by atoms with van der Waals surface area (Å²) in [5, 5.41) is 23.6. The Balaban J connectivity index is 0. The van der Waals surface area contributed by atoms with E-state index in [9.17, 15) is 14.4 Å². The average Bonchev–Trinajstić information content (AvgIpc) is 2.63. The minimum absolute atomic E-state index is 0.491. The summed E-state index contributed by atoms with van der Waals surface area (Å²) in [6, 6.07) is 0. The molecule has 0 aliphatic carbocycles. The van der Waals surface area contributed by atoms with Gasteiger partial charge in [0.2, 0.25) is 0 Å². The van der Waals surface area contributed by atoms with Gasteiger partial charge < -0.3 is 10.2 Å². The van der Waals surface area contributed by atoms with E-state index in [2.05, 4.69) is 21.6 Å². The SMILES string of the molecule is CCCCCCCCCCC(OOC(C)(C)C)C(=O)OO.O=C(O)OOC(=O)O. The van der Waals surface area contributed by atoms with Crippen LogP contribution in [0.1, 0.15) is 85.5 Å². The third-order valence-corrected chi connectivity index (χ3v) is 3.27. The first-order valence-corrected chi connectivity index (χ1v) is 9.53. The molecule has 0 spiro atoms. The Kier molecular flexibility index (Phi) is 18.0. The monoisotopic (exact) mass is 426 g/mol. The highest BCUT2D eigenvalue weighted by atomic mass is 17.2. The average molecular weight is 426 g/mol. The second-order valence-corrected chi connectivity index (χ2v) is 7.15. The molecule has 0 saturated carbocycles. The van der Waals surface area contributed by atoms with Crippen LogP contribution in [-0.4, -0.2) is 45.5 Å². The van der Waals surface area contributed by atoms with Crippen LogP contribution in [0.4, 0.5) is 9.59 Å². The molecule has 1 atom stereocenters. The smallest absolute Gasteiger partial charge is 0.447 e. The number of carboxylic acid groups (broad SMARTS) is 2. The molecule has 11 heteroatoms. The zero-order chi connectivity index (χ0) is 22.7. The molecule has 1 unspecified atom stereocenters. The molecular weight excluding hydrogens is 392 g/mol. The lowest BCUT2D eigenvalue weighted by Gasteiger charge is -2.21. The topological polar surface area (TPSA) is 158 Å². The Morgan fingerprint density at radius 3 is 1.66 bits per heavy atom. The van der Waals surface area contributed by atoms with Gasteiger partial charge in [0.05, 0.1) is 5.60 Å². The molecule has 172 valence electrons. The molecule has 0 bridgehead atoms. The quantitative estimate of drug-likeness (QED) is 0.220. The lowest BCUT2D eigenvalue weighted by Crippen LogP contribution is -2.30. The predicted octanol–water partition coefficient (Wildman–Crippen LogP) is 4.94. The van der Waals surface area contributed by atoms with Crippen LogP contribution in [0.25, 0.3) is 0 Å². The number of hydrogen-bond donors (Lipinski definition) is 3. The molecule has 11 nitrogen and oxygen atoms in total. The van der Waals surface area contributed by atoms with Crippen LogP contribution in [0.2, 0.25) is 0 Å². The summed E-state index contributed by atoms with van der Waals surface area (Å²) in [5.41, 5.74) is -0.507. The Morgan fingerprint density at radius 1 is 0.828 bits per heavy atom. The van der Waals surface area contributed by atoms with E-state index in [1.807, 2.05) is 20.8 Å². The van der Waals surface area contributed by atoms with Crippen LogP contribution < -0.4 is 0 Å². The van der Waals surface area contributed by atoms with Crippen LogP contribution in [0.15, 0.2) is 0 Å². The van der Waals surface area contributed by atoms with Gasteiger partial charge in [-0.1, -0.05) is 58.3 Å². The normalized spacial score (nSPS) is 11.6. The Morgan fingerprint density at radius 2 is 1.28 bits per heavy atom. The first-order valence-electron chi connectivity index (χ1n) is 9.53. The molecule has 0 aromatic heterocycles. The van der Waals surface area contributed by atoms with Crippen molar-refractivity contribution in [1.82, 2.24) is 0 Å². The van der Waals surface area contributed by atoms with Crippen molar-refractivity contribution in [2.75, 3.05) is 0 Å². The third kappa shape index (κ3) is 23.9. The summed E-state index contributed by atoms with van der Waals surface area (Å²) < 4.78 is 0. The molecule has 0 aromatic rings. The lowest BCUT2D eigenvalue weighted by atomic mass is 10.1. The minimum Gasteiger partial charge on any atom is -0.447 e. The van der Waals surface area contributed by atoms with Gasteiger partial charge >= 0.3 is 18.3 Å². The highest BCUT2D eigenvalue weighted by molar-refractivity contribution is 5.73. The van der Waals surface area contributed by atoms with Crippen molar-refractivity contribution in [2.24, 2.45) is 0 Å². The largest absolute Gasteiger partial charge is 0.547 e. The zero-order valence-corrected chi connectivity index (χ0v) is 17.5. The highest BCUT2D eigenvalue weighted by Crippen LogP contribution is 2.15. The van der Waals surface area contributed by atoms with Gasteiger partial charge in [0.15, 0.2) is 6.10 Å². The number of hydrogen-bond acceptors (Lipinski definition) is 9. The van der Waals surface area contributed by atoms with Crippen molar-refractivity contribution >= 4 is 18.3 Å². The summed E-state index contributed by atoms with van der Waals surface area (Å²) >= 11 is 0. The Bertz CT molecular complexity index is 432. The van der Waals surface area contributed by atoms with Gasteiger partial charge in [-0.3, -0.25) is 4.89 Å². The summed E-state index contributed by atoms with van der Waals surface area (Å²) in [5.74, 6) is -0.804. The van der Waals surface area contributed by atoms with E-state index >= 15 is 0 Å². The van der Waals surface area contributed by atoms with E-state index in [1.54, 1.807) is 0 Å². The summed E-state index contributed by atoms with van der Waals surface area (Å²) in [7, 11) is 0. The number of rotatable bonds is 12. The molecule has 0 amide bonds. The van der Waals surface area contributed by atoms with Gasteiger partial charge in [-0.2, -0.15) is 5.26 Å². The summed E-state index contributed by atoms with van der Waals surface area (Å²) in [6.45, 7) is 7.68. The van der Waals surface area contributed by atoms with Gasteiger partial charge in [0.25, 0.3) is 0 Å². The third-order valence-electron chi connectivity index (χ3n) is 3.27. The van der Waals surface area contributed by atoms with E-state index in [0.717, 1.165) is 19.3 Å². The first kappa shape index (κ1) is 29.1. The molecule has 0 aliphatic heterocycles. The lowest BCUT2D eigenvalue weighted by molar-refractivity contribution is -0.375. The van der Waals surface area contributed by atoms with Crippen LogP contribution in [-0.2, 0) is 29.2 Å². The van der Waals surface area contributed by atoms with Crippen LogP contribution in [0.3, 0.4) is 0 Å². The molecule has 0 fully saturated rings. The zero-order valence-electron chi connectivity index (χ0n) is 17.5. The number of carbonyl (C=O) groups is 3. The maximum atomic E-state index is 11.4. The van der Waals surface area contributed by atoms with Crippen molar-refractivity contribution in [2.45, 2.75) is 97.2 Å². The van der Waals surface area contributed by atoms with Gasteiger partial charge in [0.1, 0.15) is 0 Å². The fourth-order valence-electron chi connectivity index (χ4n) is 2.00. The van der Waals surface area contributed by atoms with E-state index in [-0.39, 0.29) is 0 Å². The van der Waals surface area contributed by atoms with Crippen molar-refractivity contribution in [3.63, 3.8) is 0 Å². The fraction of sp³-hybridized carbons (Fsp3) is 0.833. The molecule has 0 aliphatic rings. The standard InChI is InChI=1S/C16H32O5.C2H2O6/c1-5-6-7-8-9-10-11-12-13-14(15(17)19-18)20-21-16(2,3)4;3-1(4)7-8-2(5)6/h14,18H,5-13H2,1-4H3;(H,3,4)(H,5,6). The molecule has 0 radical (unpaired) electrons. The van der Waals surface area contributed by atoms with E-state index in [4.69, 9.17) is 25.2 Å². The van der Waals surface area contributed by atoms with E-state index in [1.165, 1.54) is 32.1 Å². The second-order valence-electron chi connectivity index (χ2n) is 7.15. The second kappa shape index (κ2) is 18.0. The van der Waals surface area contributed by atoms with Crippen molar-refractivity contribution < 1.29 is 54.3 Å². The van der Waals surface area contributed by atoms with Gasteiger partial charge in [-0.15, -0.1) is 0 Å². The number of carbonyl (C=O) groups excluding carboxylic acids is 1. The van der Waals surface area contributed by atoms with Gasteiger partial charge in [-0.05, 0) is 27.2 Å². The van der Waals surface area contributed by atoms with Crippen LogP contribution >= 0.6 is 0 Å². The predicted molar refractivity (Wildman–Crippen MR) is 99.9 cm³/mol. The van der Waals surface area contributed by atoms with Crippen molar-refractivity contribution in [3.8, 4) is 0 Å². The molecule has 0 heterocycles.